The molecule has 3 rings (SSSR count). The van der Waals surface area contributed by atoms with E-state index < -0.39 is 5.97 Å². The lowest BCUT2D eigenvalue weighted by molar-refractivity contribution is 0.0614. The maximum atomic E-state index is 11.3. The third-order valence-corrected chi connectivity index (χ3v) is 3.81. The molecule has 0 unspecified atom stereocenters. The number of hydrogen-bond donors (Lipinski definition) is 1. The molecule has 4 nitrogen and oxygen atoms in total. The number of rotatable bonds is 3. The molecule has 0 saturated carbocycles. The second-order valence-corrected chi connectivity index (χ2v) is 5.07. The molecule has 1 aliphatic rings. The number of carboxylic acid groups (broad SMARTS) is 1. The number of ether oxygens (including phenoxy) is 1. The number of nitrogens with zero attached hydrogens (tertiary/aromatic N) is 1. The van der Waals surface area contributed by atoms with Crippen molar-refractivity contribution in [1.82, 2.24) is 4.57 Å². The van der Waals surface area contributed by atoms with E-state index in [1.54, 1.807) is 6.20 Å². The van der Waals surface area contributed by atoms with E-state index in [1.807, 2.05) is 24.3 Å². The van der Waals surface area contributed by atoms with Crippen molar-refractivity contribution < 1.29 is 14.6 Å². The topological polar surface area (TPSA) is 51.5 Å². The summed E-state index contributed by atoms with van der Waals surface area (Å²) in [6.07, 6.45) is 3.87. The third kappa shape index (κ3) is 2.36. The van der Waals surface area contributed by atoms with Crippen molar-refractivity contribution in [2.24, 2.45) is 5.92 Å². The van der Waals surface area contributed by atoms with Gasteiger partial charge in [-0.05, 0) is 24.8 Å². The number of fused-ring (bicyclic) bond motifs is 1. The van der Waals surface area contributed by atoms with Crippen LogP contribution in [0.1, 0.15) is 23.2 Å². The molecule has 1 aromatic heterocycles. The summed E-state index contributed by atoms with van der Waals surface area (Å²) in [6, 6.07) is 7.70. The van der Waals surface area contributed by atoms with E-state index in [4.69, 9.17) is 4.74 Å². The molecule has 1 N–H and O–H groups in total. The smallest absolute Gasteiger partial charge is 0.337 e. The minimum absolute atomic E-state index is 0.391. The van der Waals surface area contributed by atoms with Crippen molar-refractivity contribution in [3.8, 4) is 0 Å². The Morgan fingerprint density at radius 1 is 1.32 bits per heavy atom. The molecule has 1 aromatic carbocycles. The molecule has 0 amide bonds. The first kappa shape index (κ1) is 12.2. The van der Waals surface area contributed by atoms with Crippen molar-refractivity contribution in [3.63, 3.8) is 0 Å². The molecule has 1 fully saturated rings. The summed E-state index contributed by atoms with van der Waals surface area (Å²) in [4.78, 5) is 11.3. The number of benzene rings is 1. The molecular formula is C15H17NO3. The van der Waals surface area contributed by atoms with Crippen molar-refractivity contribution in [1.29, 1.82) is 0 Å². The van der Waals surface area contributed by atoms with Gasteiger partial charge in [0.2, 0.25) is 0 Å². The Bertz CT molecular complexity index is 596. The van der Waals surface area contributed by atoms with Crippen LogP contribution >= 0.6 is 0 Å². The van der Waals surface area contributed by atoms with Crippen LogP contribution in [0.3, 0.4) is 0 Å². The molecular weight excluding hydrogens is 242 g/mol. The molecule has 0 bridgehead atoms. The highest BCUT2D eigenvalue weighted by atomic mass is 16.5. The Morgan fingerprint density at radius 2 is 2.05 bits per heavy atom. The van der Waals surface area contributed by atoms with Crippen molar-refractivity contribution >= 4 is 16.9 Å². The van der Waals surface area contributed by atoms with Gasteiger partial charge >= 0.3 is 5.97 Å². The molecule has 0 spiro atoms. The monoisotopic (exact) mass is 259 g/mol. The summed E-state index contributed by atoms with van der Waals surface area (Å²) in [7, 11) is 0. The molecule has 1 saturated heterocycles. The number of aromatic carboxylic acids is 1. The predicted molar refractivity (Wildman–Crippen MR) is 72.4 cm³/mol. The summed E-state index contributed by atoms with van der Waals surface area (Å²) >= 11 is 0. The standard InChI is InChI=1S/C15H17NO3/c17-15(18)13-10-16(9-11-5-7-19-8-6-11)14-4-2-1-3-12(13)14/h1-4,10-11H,5-9H2,(H,17,18). The van der Waals surface area contributed by atoms with E-state index in [0.717, 1.165) is 43.5 Å². The van der Waals surface area contributed by atoms with Crippen molar-refractivity contribution in [2.45, 2.75) is 19.4 Å². The highest BCUT2D eigenvalue weighted by molar-refractivity contribution is 6.03. The van der Waals surface area contributed by atoms with Crippen LogP contribution in [-0.2, 0) is 11.3 Å². The lowest BCUT2D eigenvalue weighted by Crippen LogP contribution is -2.20. The molecule has 2 aromatic rings. The maximum absolute atomic E-state index is 11.3. The molecule has 0 radical (unpaired) electrons. The van der Waals surface area contributed by atoms with Gasteiger partial charge in [0, 0.05) is 36.9 Å². The van der Waals surface area contributed by atoms with E-state index in [9.17, 15) is 9.90 Å². The molecule has 2 heterocycles. The van der Waals surface area contributed by atoms with Gasteiger partial charge in [0.1, 0.15) is 0 Å². The molecule has 0 atom stereocenters. The Labute approximate surface area is 111 Å². The minimum atomic E-state index is -0.859. The van der Waals surface area contributed by atoms with Gasteiger partial charge in [0.25, 0.3) is 0 Å². The first-order chi connectivity index (χ1) is 9.25. The van der Waals surface area contributed by atoms with E-state index in [0.29, 0.717) is 11.5 Å². The van der Waals surface area contributed by atoms with Crippen molar-refractivity contribution in [2.75, 3.05) is 13.2 Å². The Kier molecular flexibility index (Phi) is 3.25. The van der Waals surface area contributed by atoms with Gasteiger partial charge in [0.15, 0.2) is 0 Å². The van der Waals surface area contributed by atoms with Gasteiger partial charge in [0.05, 0.1) is 5.56 Å². The van der Waals surface area contributed by atoms with Crippen LogP contribution in [0.25, 0.3) is 10.9 Å². The fraction of sp³-hybridized carbons (Fsp3) is 0.400. The van der Waals surface area contributed by atoms with Crippen molar-refractivity contribution in [3.05, 3.63) is 36.0 Å². The van der Waals surface area contributed by atoms with Gasteiger partial charge in [-0.2, -0.15) is 0 Å². The molecule has 19 heavy (non-hydrogen) atoms. The van der Waals surface area contributed by atoms with Gasteiger partial charge in [-0.15, -0.1) is 0 Å². The quantitative estimate of drug-likeness (QED) is 0.922. The second kappa shape index (κ2) is 5.05. The number of carboxylic acids is 1. The first-order valence-corrected chi connectivity index (χ1v) is 6.64. The maximum Gasteiger partial charge on any atom is 0.337 e. The number of para-hydroxylation sites is 1. The van der Waals surface area contributed by atoms with Crippen LogP contribution in [0.2, 0.25) is 0 Å². The summed E-state index contributed by atoms with van der Waals surface area (Å²) in [5, 5.41) is 10.1. The van der Waals surface area contributed by atoms with E-state index >= 15 is 0 Å². The lowest BCUT2D eigenvalue weighted by atomic mass is 10.0. The highest BCUT2D eigenvalue weighted by Crippen LogP contribution is 2.25. The summed E-state index contributed by atoms with van der Waals surface area (Å²) in [6.45, 7) is 2.50. The molecule has 1 aliphatic heterocycles. The van der Waals surface area contributed by atoms with Crippen LogP contribution < -0.4 is 0 Å². The van der Waals surface area contributed by atoms with Crippen LogP contribution in [0, 0.1) is 5.92 Å². The normalized spacial score (nSPS) is 16.8. The SMILES string of the molecule is O=C(O)c1cn(CC2CCOCC2)c2ccccc12. The van der Waals surface area contributed by atoms with Gasteiger partial charge < -0.3 is 14.4 Å². The summed E-state index contributed by atoms with van der Waals surface area (Å²) in [5.41, 5.74) is 1.40. The third-order valence-electron chi connectivity index (χ3n) is 3.81. The summed E-state index contributed by atoms with van der Waals surface area (Å²) in [5.74, 6) is -0.284. The molecule has 100 valence electrons. The van der Waals surface area contributed by atoms with E-state index in [-0.39, 0.29) is 0 Å². The second-order valence-electron chi connectivity index (χ2n) is 5.07. The van der Waals surface area contributed by atoms with Crippen LogP contribution in [0.5, 0.6) is 0 Å². The first-order valence-electron chi connectivity index (χ1n) is 6.64. The van der Waals surface area contributed by atoms with Crippen LogP contribution in [-0.4, -0.2) is 28.9 Å². The van der Waals surface area contributed by atoms with Gasteiger partial charge in [-0.25, -0.2) is 4.79 Å². The fourth-order valence-corrected chi connectivity index (χ4v) is 2.78. The van der Waals surface area contributed by atoms with Crippen LogP contribution in [0.4, 0.5) is 0 Å². The Morgan fingerprint density at radius 3 is 2.79 bits per heavy atom. The lowest BCUT2D eigenvalue weighted by Gasteiger charge is -2.22. The van der Waals surface area contributed by atoms with E-state index in [1.165, 1.54) is 0 Å². The predicted octanol–water partition coefficient (Wildman–Crippen LogP) is 2.77. The zero-order valence-electron chi connectivity index (χ0n) is 10.7. The zero-order chi connectivity index (χ0) is 13.2. The zero-order valence-corrected chi connectivity index (χ0v) is 10.7. The molecule has 4 heteroatoms. The molecule has 0 aliphatic carbocycles. The average molecular weight is 259 g/mol. The Hall–Kier alpha value is -1.81. The Balaban J connectivity index is 1.96. The number of aromatic nitrogens is 1. The van der Waals surface area contributed by atoms with Crippen LogP contribution in [0.15, 0.2) is 30.5 Å². The highest BCUT2D eigenvalue weighted by Gasteiger charge is 2.18. The van der Waals surface area contributed by atoms with E-state index in [2.05, 4.69) is 4.57 Å². The fourth-order valence-electron chi connectivity index (χ4n) is 2.78. The average Bonchev–Trinajstić information content (AvgIpc) is 2.79. The minimum Gasteiger partial charge on any atom is -0.478 e. The number of hydrogen-bond acceptors (Lipinski definition) is 2. The summed E-state index contributed by atoms with van der Waals surface area (Å²) < 4.78 is 7.44. The number of carbonyl (C=O) groups is 1. The van der Waals surface area contributed by atoms with Gasteiger partial charge in [-0.3, -0.25) is 0 Å². The largest absolute Gasteiger partial charge is 0.478 e. The van der Waals surface area contributed by atoms with Gasteiger partial charge in [-0.1, -0.05) is 18.2 Å².